The summed E-state index contributed by atoms with van der Waals surface area (Å²) in [5.74, 6) is -0.387. The molecular formula is C16H18BrN5O3S. The average molecular weight is 440 g/mol. The lowest BCUT2D eigenvalue weighted by Crippen LogP contribution is -2.42. The van der Waals surface area contributed by atoms with E-state index in [-0.39, 0.29) is 17.5 Å². The van der Waals surface area contributed by atoms with Crippen LogP contribution >= 0.6 is 15.9 Å². The number of nitrogens with zero attached hydrogens (tertiary/aromatic N) is 4. The van der Waals surface area contributed by atoms with Crippen molar-refractivity contribution in [2.75, 3.05) is 6.61 Å². The predicted octanol–water partition coefficient (Wildman–Crippen LogP) is 2.61. The Bertz CT molecular complexity index is 926. The lowest BCUT2D eigenvalue weighted by molar-refractivity contribution is -0.0116. The molecule has 2 rings (SSSR count). The van der Waals surface area contributed by atoms with Crippen LogP contribution in [0.4, 0.5) is 5.95 Å². The quantitative estimate of drug-likeness (QED) is 0.320. The number of halogens is 1. The molecule has 2 N–H and O–H groups in total. The third-order valence-electron chi connectivity index (χ3n) is 3.01. The highest BCUT2D eigenvalue weighted by Gasteiger charge is 2.30. The van der Waals surface area contributed by atoms with Crippen LogP contribution in [0.15, 0.2) is 57.3 Å². The average Bonchev–Trinajstić information content (AvgIpc) is 2.54. The highest BCUT2D eigenvalue weighted by atomic mass is 79.9. The van der Waals surface area contributed by atoms with Crippen molar-refractivity contribution in [2.45, 2.75) is 18.7 Å². The molecule has 0 bridgehead atoms. The van der Waals surface area contributed by atoms with Gasteiger partial charge in [0.1, 0.15) is 4.90 Å². The fourth-order valence-corrected chi connectivity index (χ4v) is 4.15. The molecule has 0 saturated heterocycles. The van der Waals surface area contributed by atoms with E-state index in [1.54, 1.807) is 38.1 Å². The minimum atomic E-state index is -4.14. The molecule has 0 aliphatic carbocycles. The molecule has 26 heavy (non-hydrogen) atoms. The van der Waals surface area contributed by atoms with Crippen LogP contribution in [0, 0.1) is 13.8 Å². The zero-order valence-electron chi connectivity index (χ0n) is 14.3. The molecule has 0 spiro atoms. The number of aliphatic imine (C=N–C) groups is 1. The smallest absolute Gasteiger partial charge is 0.290 e. The van der Waals surface area contributed by atoms with Gasteiger partial charge in [0.25, 0.3) is 16.0 Å². The van der Waals surface area contributed by atoms with Gasteiger partial charge in [0.2, 0.25) is 5.96 Å². The third kappa shape index (κ3) is 4.65. The SMILES string of the molecule is C=CCON(C(N)=Nc1nc(C)cc(C)n1)S(=O)(=O)c1ccccc1Br. The van der Waals surface area contributed by atoms with Crippen molar-refractivity contribution in [2.24, 2.45) is 10.7 Å². The van der Waals surface area contributed by atoms with Gasteiger partial charge in [-0.2, -0.15) is 13.4 Å². The Morgan fingerprint density at radius 3 is 2.54 bits per heavy atom. The van der Waals surface area contributed by atoms with E-state index in [9.17, 15) is 8.42 Å². The number of hydroxylamine groups is 1. The summed E-state index contributed by atoms with van der Waals surface area (Å²) in [6.45, 7) is 6.96. The lowest BCUT2D eigenvalue weighted by Gasteiger charge is -2.21. The normalized spacial score (nSPS) is 12.0. The topological polar surface area (TPSA) is 111 Å². The number of nitrogens with two attached hydrogens (primary N) is 1. The minimum absolute atomic E-state index is 0.0245. The highest BCUT2D eigenvalue weighted by Crippen LogP contribution is 2.25. The van der Waals surface area contributed by atoms with Crippen molar-refractivity contribution in [3.8, 4) is 0 Å². The van der Waals surface area contributed by atoms with Gasteiger partial charge >= 0.3 is 0 Å². The summed E-state index contributed by atoms with van der Waals surface area (Å²) in [7, 11) is -4.14. The van der Waals surface area contributed by atoms with Crippen LogP contribution in [0.3, 0.4) is 0 Å². The second-order valence-corrected chi connectivity index (χ2v) is 7.74. The summed E-state index contributed by atoms with van der Waals surface area (Å²) >= 11 is 3.22. The van der Waals surface area contributed by atoms with Gasteiger partial charge in [0.05, 0.1) is 6.61 Å². The van der Waals surface area contributed by atoms with Gasteiger partial charge in [0.15, 0.2) is 0 Å². The van der Waals surface area contributed by atoms with E-state index < -0.39 is 16.0 Å². The Kier molecular flexibility index (Phi) is 6.46. The molecule has 138 valence electrons. The predicted molar refractivity (Wildman–Crippen MR) is 102 cm³/mol. The molecule has 0 amide bonds. The van der Waals surface area contributed by atoms with Gasteiger partial charge in [-0.15, -0.1) is 11.0 Å². The van der Waals surface area contributed by atoms with Gasteiger partial charge in [0, 0.05) is 15.9 Å². The number of aryl methyl sites for hydroxylation is 2. The van der Waals surface area contributed by atoms with E-state index >= 15 is 0 Å². The van der Waals surface area contributed by atoms with Gasteiger partial charge in [-0.25, -0.2) is 9.97 Å². The summed E-state index contributed by atoms with van der Waals surface area (Å²) in [5.41, 5.74) is 7.26. The summed E-state index contributed by atoms with van der Waals surface area (Å²) in [6, 6.07) is 8.06. The largest absolute Gasteiger partial charge is 0.367 e. The molecule has 1 aromatic heterocycles. The fraction of sp³-hybridized carbons (Fsp3) is 0.188. The molecule has 0 atom stereocenters. The summed E-state index contributed by atoms with van der Waals surface area (Å²) in [6.07, 6.45) is 1.39. The second kappa shape index (κ2) is 8.39. The van der Waals surface area contributed by atoms with Crippen LogP contribution in [-0.2, 0) is 14.9 Å². The van der Waals surface area contributed by atoms with Crippen molar-refractivity contribution < 1.29 is 13.3 Å². The van der Waals surface area contributed by atoms with Crippen LogP contribution in [0.2, 0.25) is 0 Å². The minimum Gasteiger partial charge on any atom is -0.367 e. The van der Waals surface area contributed by atoms with Gasteiger partial charge in [-0.1, -0.05) is 18.2 Å². The molecule has 0 aliphatic rings. The third-order valence-corrected chi connectivity index (χ3v) is 5.61. The van der Waals surface area contributed by atoms with E-state index in [2.05, 4.69) is 37.5 Å². The zero-order valence-corrected chi connectivity index (χ0v) is 16.7. The summed E-state index contributed by atoms with van der Waals surface area (Å²) < 4.78 is 26.8. The first-order valence-electron chi connectivity index (χ1n) is 7.46. The van der Waals surface area contributed by atoms with E-state index in [0.29, 0.717) is 20.3 Å². The zero-order chi connectivity index (χ0) is 19.3. The molecule has 1 aromatic carbocycles. The van der Waals surface area contributed by atoms with E-state index in [4.69, 9.17) is 10.6 Å². The van der Waals surface area contributed by atoms with Crippen LogP contribution in [0.5, 0.6) is 0 Å². The van der Waals surface area contributed by atoms with Gasteiger partial charge in [-0.05, 0) is 48.0 Å². The monoisotopic (exact) mass is 439 g/mol. The van der Waals surface area contributed by atoms with Gasteiger partial charge in [-0.3, -0.25) is 4.84 Å². The highest BCUT2D eigenvalue weighted by molar-refractivity contribution is 9.10. The number of aromatic nitrogens is 2. The molecule has 0 fully saturated rings. The Hall–Kier alpha value is -2.30. The molecule has 2 aromatic rings. The summed E-state index contributed by atoms with van der Waals surface area (Å²) in [5, 5.41) is 0. The van der Waals surface area contributed by atoms with E-state index in [1.165, 1.54) is 12.1 Å². The number of guanidine groups is 1. The molecular weight excluding hydrogens is 422 g/mol. The number of hydrogen-bond acceptors (Lipinski definition) is 6. The number of sulfonamides is 1. The van der Waals surface area contributed by atoms with Crippen molar-refractivity contribution >= 4 is 37.9 Å². The van der Waals surface area contributed by atoms with Gasteiger partial charge < -0.3 is 5.73 Å². The van der Waals surface area contributed by atoms with Crippen molar-refractivity contribution in [1.29, 1.82) is 0 Å². The lowest BCUT2D eigenvalue weighted by atomic mass is 10.4. The van der Waals surface area contributed by atoms with Crippen molar-refractivity contribution in [1.82, 2.24) is 14.4 Å². The Balaban J connectivity index is 2.51. The van der Waals surface area contributed by atoms with Crippen LogP contribution in [-0.4, -0.2) is 35.4 Å². The second-order valence-electron chi connectivity index (χ2n) is 5.17. The first-order valence-corrected chi connectivity index (χ1v) is 9.69. The standard InChI is InChI=1S/C16H18BrN5O3S/c1-4-9-25-22(26(23,24)14-8-6-5-7-13(14)17)15(18)21-16-19-11(2)10-12(3)20-16/h4-8,10H,1,9H2,2-3H3,(H2,18,19,20,21). The fourth-order valence-electron chi connectivity index (χ4n) is 2.02. The molecule has 0 saturated carbocycles. The Morgan fingerprint density at radius 1 is 1.35 bits per heavy atom. The van der Waals surface area contributed by atoms with Crippen molar-refractivity contribution in [3.05, 3.63) is 58.8 Å². The molecule has 0 aliphatic heterocycles. The van der Waals surface area contributed by atoms with Crippen LogP contribution in [0.25, 0.3) is 0 Å². The first-order chi connectivity index (χ1) is 12.3. The number of benzene rings is 1. The van der Waals surface area contributed by atoms with E-state index in [1.807, 2.05) is 0 Å². The first kappa shape index (κ1) is 20.0. The van der Waals surface area contributed by atoms with E-state index in [0.717, 1.165) is 0 Å². The maximum absolute atomic E-state index is 13.0. The molecule has 8 nitrogen and oxygen atoms in total. The molecule has 10 heteroatoms. The van der Waals surface area contributed by atoms with Crippen LogP contribution < -0.4 is 5.73 Å². The maximum Gasteiger partial charge on any atom is 0.290 e. The molecule has 0 unspecified atom stereocenters. The maximum atomic E-state index is 13.0. The summed E-state index contributed by atoms with van der Waals surface area (Å²) in [4.78, 5) is 17.5. The van der Waals surface area contributed by atoms with Crippen molar-refractivity contribution in [3.63, 3.8) is 0 Å². The Labute approximate surface area is 160 Å². The molecule has 1 heterocycles. The molecule has 0 radical (unpaired) electrons. The Morgan fingerprint density at radius 2 is 1.96 bits per heavy atom. The number of rotatable bonds is 6. The number of hydrogen-bond donors (Lipinski definition) is 1. The van der Waals surface area contributed by atoms with Crippen LogP contribution in [0.1, 0.15) is 11.4 Å².